The number of halogens is 1. The highest BCUT2D eigenvalue weighted by atomic mass is 19.1. The van der Waals surface area contributed by atoms with E-state index in [9.17, 15) is 19.1 Å². The summed E-state index contributed by atoms with van der Waals surface area (Å²) in [5, 5.41) is 9.90. The zero-order valence-corrected chi connectivity index (χ0v) is 11.4. The number of primary amides is 1. The van der Waals surface area contributed by atoms with E-state index in [-0.39, 0.29) is 44.2 Å². The lowest BCUT2D eigenvalue weighted by Gasteiger charge is -2.35. The molecule has 0 aromatic heterocycles. The number of benzene rings is 1. The Morgan fingerprint density at radius 3 is 2.52 bits per heavy atom. The van der Waals surface area contributed by atoms with E-state index < -0.39 is 17.3 Å². The van der Waals surface area contributed by atoms with Crippen molar-refractivity contribution in [2.75, 3.05) is 19.7 Å². The van der Waals surface area contributed by atoms with E-state index in [1.807, 2.05) is 0 Å². The van der Waals surface area contributed by atoms with Crippen LogP contribution in [0.15, 0.2) is 24.3 Å². The molecule has 0 unspecified atom stereocenters. The van der Waals surface area contributed by atoms with Crippen LogP contribution in [-0.4, -0.2) is 47.1 Å². The third-order valence-corrected chi connectivity index (χ3v) is 3.59. The average Bonchev–Trinajstić information content (AvgIpc) is 2.46. The lowest BCUT2D eigenvalue weighted by molar-refractivity contribution is -0.147. The Bertz CT molecular complexity index is 542. The van der Waals surface area contributed by atoms with Crippen molar-refractivity contribution in [3.8, 4) is 5.75 Å². The van der Waals surface area contributed by atoms with E-state index in [0.717, 1.165) is 0 Å². The monoisotopic (exact) mass is 296 g/mol. The molecule has 0 aliphatic carbocycles. The van der Waals surface area contributed by atoms with Gasteiger partial charge in [-0.2, -0.15) is 0 Å². The molecule has 2 rings (SSSR count). The molecular weight excluding hydrogens is 279 g/mol. The quantitative estimate of drug-likeness (QED) is 0.820. The summed E-state index contributed by atoms with van der Waals surface area (Å²) in [6, 6.07) is 5.81. The first kappa shape index (κ1) is 15.2. The minimum absolute atomic E-state index is 0.0106. The van der Waals surface area contributed by atoms with Gasteiger partial charge in [-0.3, -0.25) is 9.59 Å². The van der Waals surface area contributed by atoms with Crippen LogP contribution in [0.25, 0.3) is 0 Å². The van der Waals surface area contributed by atoms with Crippen LogP contribution in [0.5, 0.6) is 5.75 Å². The van der Waals surface area contributed by atoms with E-state index in [2.05, 4.69) is 0 Å². The fourth-order valence-electron chi connectivity index (χ4n) is 2.17. The highest BCUT2D eigenvalue weighted by Crippen LogP contribution is 2.22. The predicted molar refractivity (Wildman–Crippen MR) is 71.9 cm³/mol. The Hall–Kier alpha value is -2.15. The van der Waals surface area contributed by atoms with Gasteiger partial charge >= 0.3 is 0 Å². The molecule has 114 valence electrons. The Balaban J connectivity index is 1.86. The number of carbonyl (C=O) groups is 2. The topological polar surface area (TPSA) is 92.9 Å². The minimum atomic E-state index is -1.55. The zero-order valence-electron chi connectivity index (χ0n) is 11.4. The average molecular weight is 296 g/mol. The van der Waals surface area contributed by atoms with E-state index >= 15 is 0 Å². The second-order valence-electron chi connectivity index (χ2n) is 5.00. The van der Waals surface area contributed by atoms with Gasteiger partial charge in [-0.1, -0.05) is 12.1 Å². The second kappa shape index (κ2) is 6.09. The third-order valence-electron chi connectivity index (χ3n) is 3.59. The molecule has 2 amide bonds. The molecule has 1 aromatic rings. The van der Waals surface area contributed by atoms with Gasteiger partial charge in [-0.05, 0) is 12.1 Å². The van der Waals surface area contributed by atoms with Crippen LogP contribution >= 0.6 is 0 Å². The summed E-state index contributed by atoms with van der Waals surface area (Å²) in [5.41, 5.74) is 3.56. The second-order valence-corrected chi connectivity index (χ2v) is 5.00. The van der Waals surface area contributed by atoms with Gasteiger partial charge in [-0.15, -0.1) is 0 Å². The van der Waals surface area contributed by atoms with Gasteiger partial charge in [0, 0.05) is 25.9 Å². The molecule has 3 N–H and O–H groups in total. The Morgan fingerprint density at radius 2 is 1.95 bits per heavy atom. The first-order valence-electron chi connectivity index (χ1n) is 6.60. The van der Waals surface area contributed by atoms with E-state index in [1.165, 1.54) is 23.1 Å². The number of rotatable bonds is 4. The molecule has 1 saturated heterocycles. The van der Waals surface area contributed by atoms with Crippen LogP contribution in [0.3, 0.4) is 0 Å². The predicted octanol–water partition coefficient (Wildman–Crippen LogP) is 0.0433. The molecule has 6 nitrogen and oxygen atoms in total. The minimum Gasteiger partial charge on any atom is -0.481 e. The molecule has 0 saturated carbocycles. The fourth-order valence-corrected chi connectivity index (χ4v) is 2.17. The number of likely N-dealkylation sites (tertiary alicyclic amines) is 1. The first-order chi connectivity index (χ1) is 9.92. The molecule has 1 fully saturated rings. The number of hydrogen-bond acceptors (Lipinski definition) is 4. The highest BCUT2D eigenvalue weighted by molar-refractivity contribution is 5.84. The molecule has 21 heavy (non-hydrogen) atoms. The van der Waals surface area contributed by atoms with Crippen LogP contribution in [0.4, 0.5) is 4.39 Å². The summed E-state index contributed by atoms with van der Waals surface area (Å²) >= 11 is 0. The van der Waals surface area contributed by atoms with Crippen LogP contribution < -0.4 is 10.5 Å². The smallest absolute Gasteiger partial charge is 0.260 e. The highest BCUT2D eigenvalue weighted by Gasteiger charge is 2.38. The third kappa shape index (κ3) is 3.49. The molecule has 1 aromatic carbocycles. The molecule has 0 radical (unpaired) electrons. The van der Waals surface area contributed by atoms with Crippen molar-refractivity contribution in [3.05, 3.63) is 30.1 Å². The number of ether oxygens (including phenoxy) is 1. The standard InChI is InChI=1S/C14H17FN2O4/c15-10-3-1-2-4-11(10)21-9-12(18)17-7-5-14(20,6-8-17)13(16)19/h1-4,20H,5-9H2,(H2,16,19). The van der Waals surface area contributed by atoms with Gasteiger partial charge in [-0.25, -0.2) is 4.39 Å². The maximum Gasteiger partial charge on any atom is 0.260 e. The number of piperidine rings is 1. The van der Waals surface area contributed by atoms with E-state index in [0.29, 0.717) is 0 Å². The number of aliphatic hydroxyl groups is 1. The molecule has 1 heterocycles. The number of para-hydroxylation sites is 1. The van der Waals surface area contributed by atoms with Crippen LogP contribution in [0.2, 0.25) is 0 Å². The molecular formula is C14H17FN2O4. The van der Waals surface area contributed by atoms with Crippen molar-refractivity contribution < 1.29 is 23.8 Å². The summed E-state index contributed by atoms with van der Waals surface area (Å²) < 4.78 is 18.5. The lowest BCUT2D eigenvalue weighted by Crippen LogP contribution is -2.54. The summed E-state index contributed by atoms with van der Waals surface area (Å²) in [6.07, 6.45) is 0.182. The number of carbonyl (C=O) groups excluding carboxylic acids is 2. The van der Waals surface area contributed by atoms with Crippen molar-refractivity contribution in [1.29, 1.82) is 0 Å². The Kier molecular flexibility index (Phi) is 4.42. The van der Waals surface area contributed by atoms with Gasteiger partial charge in [0.15, 0.2) is 18.2 Å². The number of hydrogen-bond donors (Lipinski definition) is 2. The fraction of sp³-hybridized carbons (Fsp3) is 0.429. The summed E-state index contributed by atoms with van der Waals surface area (Å²) in [4.78, 5) is 24.5. The largest absolute Gasteiger partial charge is 0.481 e. The van der Waals surface area contributed by atoms with Gasteiger partial charge in [0.05, 0.1) is 0 Å². The van der Waals surface area contributed by atoms with E-state index in [1.54, 1.807) is 6.07 Å². The van der Waals surface area contributed by atoms with Crippen molar-refractivity contribution in [1.82, 2.24) is 4.90 Å². The number of nitrogens with two attached hydrogens (primary N) is 1. The number of nitrogens with zero attached hydrogens (tertiary/aromatic N) is 1. The molecule has 1 aliphatic heterocycles. The Morgan fingerprint density at radius 1 is 1.33 bits per heavy atom. The summed E-state index contributed by atoms with van der Waals surface area (Å²) in [5.74, 6) is -1.63. The molecule has 0 spiro atoms. The SMILES string of the molecule is NC(=O)C1(O)CCN(C(=O)COc2ccccc2F)CC1. The summed E-state index contributed by atoms with van der Waals surface area (Å²) in [6.45, 7) is 0.119. The van der Waals surface area contributed by atoms with E-state index in [4.69, 9.17) is 10.5 Å². The van der Waals surface area contributed by atoms with Gasteiger partial charge in [0.1, 0.15) is 5.60 Å². The molecule has 7 heteroatoms. The zero-order chi connectivity index (χ0) is 15.5. The number of amides is 2. The van der Waals surface area contributed by atoms with Gasteiger partial charge < -0.3 is 20.5 Å². The van der Waals surface area contributed by atoms with Crippen LogP contribution in [0, 0.1) is 5.82 Å². The van der Waals surface area contributed by atoms with Crippen LogP contribution in [-0.2, 0) is 9.59 Å². The Labute approximate surface area is 121 Å². The van der Waals surface area contributed by atoms with Crippen molar-refractivity contribution in [2.24, 2.45) is 5.73 Å². The molecule has 1 aliphatic rings. The first-order valence-corrected chi connectivity index (χ1v) is 6.60. The maximum absolute atomic E-state index is 13.3. The maximum atomic E-state index is 13.3. The molecule has 0 atom stereocenters. The van der Waals surface area contributed by atoms with Crippen molar-refractivity contribution >= 4 is 11.8 Å². The molecule has 0 bridgehead atoms. The summed E-state index contributed by atoms with van der Waals surface area (Å²) in [7, 11) is 0. The lowest BCUT2D eigenvalue weighted by atomic mass is 9.91. The van der Waals surface area contributed by atoms with Gasteiger partial charge in [0.25, 0.3) is 5.91 Å². The van der Waals surface area contributed by atoms with Gasteiger partial charge in [0.2, 0.25) is 5.91 Å². The van der Waals surface area contributed by atoms with Crippen molar-refractivity contribution in [2.45, 2.75) is 18.4 Å². The van der Waals surface area contributed by atoms with Crippen LogP contribution in [0.1, 0.15) is 12.8 Å². The van der Waals surface area contributed by atoms with Crippen molar-refractivity contribution in [3.63, 3.8) is 0 Å². The normalized spacial score (nSPS) is 17.3.